The molecule has 0 saturated carbocycles. The molecule has 2 rings (SSSR count). The number of rotatable bonds is 2. The van der Waals surface area contributed by atoms with Crippen molar-refractivity contribution in [2.24, 2.45) is 0 Å². The van der Waals surface area contributed by atoms with Crippen LogP contribution in [0.5, 0.6) is 0 Å². The zero-order valence-electron chi connectivity index (χ0n) is 11.1. The van der Waals surface area contributed by atoms with E-state index in [9.17, 15) is 9.59 Å². The minimum absolute atomic E-state index is 0.398. The molecule has 1 aromatic carbocycles. The molecule has 102 valence electrons. The monoisotopic (exact) mass is 270 g/mol. The minimum atomic E-state index is -0.499. The summed E-state index contributed by atoms with van der Waals surface area (Å²) in [6, 6.07) is 7.32. The normalized spacial score (nSPS) is 13.4. The lowest BCUT2D eigenvalue weighted by molar-refractivity contribution is -0.111. The maximum absolute atomic E-state index is 11.5. The molecule has 1 heterocycles. The number of ether oxygens (including phenoxy) is 1. The minimum Gasteiger partial charge on any atom is -0.452 e. The predicted molar refractivity (Wildman–Crippen MR) is 75.6 cm³/mol. The molecule has 2 amide bonds. The first kappa shape index (κ1) is 13.7. The molecule has 5 nitrogen and oxygen atoms in total. The van der Waals surface area contributed by atoms with E-state index in [1.807, 2.05) is 24.1 Å². The zero-order chi connectivity index (χ0) is 14.5. The number of hydrogen-bond acceptors (Lipinski definition) is 3. The Hall–Kier alpha value is -2.74. The first-order chi connectivity index (χ1) is 9.65. The van der Waals surface area contributed by atoms with Crippen molar-refractivity contribution in [2.45, 2.75) is 6.42 Å². The summed E-state index contributed by atoms with van der Waals surface area (Å²) < 4.78 is 4.68. The summed E-state index contributed by atoms with van der Waals surface area (Å²) in [4.78, 5) is 24.3. The molecule has 0 aromatic heterocycles. The molecule has 1 N–H and O–H groups in total. The van der Waals surface area contributed by atoms with E-state index >= 15 is 0 Å². The summed E-state index contributed by atoms with van der Waals surface area (Å²) >= 11 is 0. The molecule has 0 bridgehead atoms. The SMILES string of the molecule is C#CC(=O)Nc1ccccc1C1=CN(C(=O)OC)CC1. The fraction of sp³-hybridized carbons (Fsp3) is 0.200. The number of methoxy groups -OCH3 is 1. The molecule has 0 aliphatic carbocycles. The van der Waals surface area contributed by atoms with Gasteiger partial charge < -0.3 is 10.1 Å². The second kappa shape index (κ2) is 5.93. The third-order valence-electron chi connectivity index (χ3n) is 3.00. The summed E-state index contributed by atoms with van der Waals surface area (Å²) in [6.07, 6.45) is 7.08. The molecule has 1 aliphatic rings. The van der Waals surface area contributed by atoms with E-state index in [0.29, 0.717) is 18.7 Å². The maximum Gasteiger partial charge on any atom is 0.413 e. The molecule has 1 aliphatic heterocycles. The molecule has 0 fully saturated rings. The van der Waals surface area contributed by atoms with Crippen LogP contribution in [0.15, 0.2) is 30.5 Å². The number of hydrogen-bond donors (Lipinski definition) is 1. The third-order valence-corrected chi connectivity index (χ3v) is 3.00. The summed E-state index contributed by atoms with van der Waals surface area (Å²) in [5, 5.41) is 2.64. The lowest BCUT2D eigenvalue weighted by Crippen LogP contribution is -2.22. The van der Waals surface area contributed by atoms with E-state index in [-0.39, 0.29) is 0 Å². The Kier molecular flexibility index (Phi) is 4.06. The second-order valence-corrected chi connectivity index (χ2v) is 4.21. The van der Waals surface area contributed by atoms with Crippen molar-refractivity contribution in [1.82, 2.24) is 4.90 Å². The molecule has 20 heavy (non-hydrogen) atoms. The van der Waals surface area contributed by atoms with Crippen LogP contribution in [0.4, 0.5) is 10.5 Å². The van der Waals surface area contributed by atoms with Gasteiger partial charge in [0, 0.05) is 24.0 Å². The number of terminal acetylenes is 1. The summed E-state index contributed by atoms with van der Waals surface area (Å²) in [5.74, 6) is 1.51. The topological polar surface area (TPSA) is 58.6 Å². The zero-order valence-corrected chi connectivity index (χ0v) is 11.1. The summed E-state index contributed by atoms with van der Waals surface area (Å²) in [6.45, 7) is 0.555. The average Bonchev–Trinajstić information content (AvgIpc) is 2.96. The first-order valence-corrected chi connectivity index (χ1v) is 6.08. The van der Waals surface area contributed by atoms with Crippen LogP contribution in [0, 0.1) is 12.3 Å². The molecule has 1 aromatic rings. The smallest absolute Gasteiger partial charge is 0.413 e. The van der Waals surface area contributed by atoms with E-state index in [1.54, 1.807) is 12.3 Å². The molecule has 5 heteroatoms. The van der Waals surface area contributed by atoms with Gasteiger partial charge in [0.25, 0.3) is 5.91 Å². The van der Waals surface area contributed by atoms with Gasteiger partial charge in [0.2, 0.25) is 0 Å². The van der Waals surface area contributed by atoms with Crippen molar-refractivity contribution >= 4 is 23.3 Å². The van der Waals surface area contributed by atoms with Crippen molar-refractivity contribution in [2.75, 3.05) is 19.0 Å². The lowest BCUT2D eigenvalue weighted by atomic mass is 10.0. The number of benzene rings is 1. The highest BCUT2D eigenvalue weighted by Gasteiger charge is 2.21. The highest BCUT2D eigenvalue weighted by Crippen LogP contribution is 2.30. The largest absolute Gasteiger partial charge is 0.452 e. The van der Waals surface area contributed by atoms with Crippen LogP contribution in [0.2, 0.25) is 0 Å². The Balaban J connectivity index is 2.28. The number of carbonyl (C=O) groups is 2. The highest BCUT2D eigenvalue weighted by atomic mass is 16.5. The number of anilines is 1. The fourth-order valence-corrected chi connectivity index (χ4v) is 2.05. The van der Waals surface area contributed by atoms with Crippen molar-refractivity contribution in [3.8, 4) is 12.3 Å². The van der Waals surface area contributed by atoms with E-state index in [0.717, 1.165) is 11.1 Å². The number of nitrogens with one attached hydrogen (secondary N) is 1. The second-order valence-electron chi connectivity index (χ2n) is 4.21. The van der Waals surface area contributed by atoms with Crippen LogP contribution >= 0.6 is 0 Å². The fourth-order valence-electron chi connectivity index (χ4n) is 2.05. The van der Waals surface area contributed by atoms with Gasteiger partial charge in [-0.25, -0.2) is 4.79 Å². The molecule has 0 atom stereocenters. The number of amides is 2. The molecule has 0 saturated heterocycles. The van der Waals surface area contributed by atoms with Crippen LogP contribution in [0.1, 0.15) is 12.0 Å². The van der Waals surface area contributed by atoms with E-state index in [2.05, 4.69) is 10.1 Å². The van der Waals surface area contributed by atoms with Gasteiger partial charge in [-0.15, -0.1) is 6.42 Å². The first-order valence-electron chi connectivity index (χ1n) is 6.08. The number of carbonyl (C=O) groups excluding carboxylic acids is 2. The average molecular weight is 270 g/mol. The Morgan fingerprint density at radius 1 is 1.40 bits per heavy atom. The molecular weight excluding hydrogens is 256 g/mol. The highest BCUT2D eigenvalue weighted by molar-refractivity contribution is 6.05. The van der Waals surface area contributed by atoms with Gasteiger partial charge >= 0.3 is 6.09 Å². The van der Waals surface area contributed by atoms with Crippen molar-refractivity contribution < 1.29 is 14.3 Å². The molecule has 0 spiro atoms. The lowest BCUT2D eigenvalue weighted by Gasteiger charge is -2.10. The van der Waals surface area contributed by atoms with Crippen LogP contribution in [-0.2, 0) is 9.53 Å². The molecule has 0 radical (unpaired) electrons. The predicted octanol–water partition coefficient (Wildman–Crippen LogP) is 2.07. The number of para-hydroxylation sites is 1. The molecular formula is C15H14N2O3. The van der Waals surface area contributed by atoms with Crippen molar-refractivity contribution in [3.05, 3.63) is 36.0 Å². The Labute approximate surface area is 117 Å². The quantitative estimate of drug-likeness (QED) is 0.837. The van der Waals surface area contributed by atoms with Crippen LogP contribution < -0.4 is 5.32 Å². The van der Waals surface area contributed by atoms with Crippen LogP contribution in [0.25, 0.3) is 5.57 Å². The Bertz CT molecular complexity index is 614. The van der Waals surface area contributed by atoms with Crippen molar-refractivity contribution in [3.63, 3.8) is 0 Å². The van der Waals surface area contributed by atoms with E-state index in [1.165, 1.54) is 12.0 Å². The van der Waals surface area contributed by atoms with Gasteiger partial charge in [-0.2, -0.15) is 0 Å². The van der Waals surface area contributed by atoms with E-state index < -0.39 is 12.0 Å². The van der Waals surface area contributed by atoms with Gasteiger partial charge in [-0.3, -0.25) is 9.69 Å². The van der Waals surface area contributed by atoms with Crippen LogP contribution in [-0.4, -0.2) is 30.6 Å². The maximum atomic E-state index is 11.5. The summed E-state index contributed by atoms with van der Waals surface area (Å²) in [7, 11) is 1.34. The number of nitrogens with zero attached hydrogens (tertiary/aromatic N) is 1. The van der Waals surface area contributed by atoms with Gasteiger partial charge in [0.05, 0.1) is 7.11 Å². The van der Waals surface area contributed by atoms with Gasteiger partial charge in [-0.05, 0) is 24.0 Å². The third kappa shape index (κ3) is 2.81. The van der Waals surface area contributed by atoms with Gasteiger partial charge in [0.1, 0.15) is 0 Å². The van der Waals surface area contributed by atoms with Crippen LogP contribution in [0.3, 0.4) is 0 Å². The van der Waals surface area contributed by atoms with E-state index in [4.69, 9.17) is 6.42 Å². The van der Waals surface area contributed by atoms with Crippen molar-refractivity contribution in [1.29, 1.82) is 0 Å². The van der Waals surface area contributed by atoms with Gasteiger partial charge in [0.15, 0.2) is 0 Å². The Morgan fingerprint density at radius 2 is 2.15 bits per heavy atom. The Morgan fingerprint density at radius 3 is 2.85 bits per heavy atom. The molecule has 0 unspecified atom stereocenters. The summed E-state index contributed by atoms with van der Waals surface area (Å²) in [5.41, 5.74) is 2.43. The standard InChI is InChI=1S/C15H14N2O3/c1-3-14(18)16-13-7-5-4-6-12(13)11-8-9-17(10-11)15(19)20-2/h1,4-7,10H,8-9H2,2H3,(H,16,18). The van der Waals surface area contributed by atoms with Gasteiger partial charge in [-0.1, -0.05) is 18.2 Å².